The van der Waals surface area contributed by atoms with E-state index >= 15 is 0 Å². The lowest BCUT2D eigenvalue weighted by Crippen LogP contribution is -2.48. The van der Waals surface area contributed by atoms with Crippen LogP contribution in [0.2, 0.25) is 0 Å². The average molecular weight is 398 g/mol. The van der Waals surface area contributed by atoms with E-state index in [1.54, 1.807) is 11.3 Å². The van der Waals surface area contributed by atoms with Gasteiger partial charge in [-0.25, -0.2) is 0 Å². The third-order valence-corrected chi connectivity index (χ3v) is 5.51. The predicted octanol–water partition coefficient (Wildman–Crippen LogP) is 3.15. The van der Waals surface area contributed by atoms with Crippen molar-refractivity contribution in [2.75, 3.05) is 32.8 Å². The second kappa shape index (κ2) is 8.53. The third kappa shape index (κ3) is 4.07. The number of hydrogen-bond acceptors (Lipinski definition) is 7. The number of hydrogen-bond donors (Lipinski definition) is 0. The number of nitrogens with zero attached hydrogens (tertiary/aromatic N) is 4. The Hall–Kier alpha value is -2.71. The molecule has 3 aromatic rings. The van der Waals surface area contributed by atoms with Gasteiger partial charge in [0.1, 0.15) is 5.75 Å². The lowest BCUT2D eigenvalue weighted by molar-refractivity contribution is 0.0611. The highest BCUT2D eigenvalue weighted by molar-refractivity contribution is 7.13. The molecule has 2 aromatic heterocycles. The summed E-state index contributed by atoms with van der Waals surface area (Å²) in [4.78, 5) is 22.5. The van der Waals surface area contributed by atoms with Crippen LogP contribution in [-0.4, -0.2) is 58.6 Å². The molecule has 0 radical (unpaired) electrons. The number of aromatic nitrogens is 2. The Bertz CT molecular complexity index is 917. The highest BCUT2D eigenvalue weighted by Gasteiger charge is 2.25. The first-order valence-electron chi connectivity index (χ1n) is 9.34. The molecular formula is C20H22N4O3S. The number of benzene rings is 1. The molecule has 1 aromatic carbocycles. The van der Waals surface area contributed by atoms with E-state index in [2.05, 4.69) is 15.0 Å². The summed E-state index contributed by atoms with van der Waals surface area (Å²) < 4.78 is 11.0. The molecule has 7 nitrogen and oxygen atoms in total. The van der Waals surface area contributed by atoms with Crippen LogP contribution in [-0.2, 0) is 6.54 Å². The summed E-state index contributed by atoms with van der Waals surface area (Å²) in [7, 11) is 0. The number of thiophene rings is 1. The summed E-state index contributed by atoms with van der Waals surface area (Å²) in [6, 6.07) is 11.4. The average Bonchev–Trinajstić information content (AvgIpc) is 3.41. The van der Waals surface area contributed by atoms with Gasteiger partial charge in [0.2, 0.25) is 11.7 Å². The fraction of sp³-hybridized carbons (Fsp3) is 0.350. The first-order valence-corrected chi connectivity index (χ1v) is 10.2. The van der Waals surface area contributed by atoms with Gasteiger partial charge in [-0.05, 0) is 30.5 Å². The summed E-state index contributed by atoms with van der Waals surface area (Å²) in [5.74, 6) is 1.89. The second-order valence-corrected chi connectivity index (χ2v) is 7.43. The van der Waals surface area contributed by atoms with Gasteiger partial charge in [-0.1, -0.05) is 23.4 Å². The number of ether oxygens (including phenoxy) is 1. The number of carbonyl (C=O) groups is 1. The zero-order valence-electron chi connectivity index (χ0n) is 15.7. The van der Waals surface area contributed by atoms with E-state index in [0.717, 1.165) is 18.0 Å². The molecule has 1 aliphatic rings. The van der Waals surface area contributed by atoms with Gasteiger partial charge < -0.3 is 14.2 Å². The zero-order chi connectivity index (χ0) is 19.3. The van der Waals surface area contributed by atoms with Crippen molar-refractivity contribution < 1.29 is 14.1 Å². The smallest absolute Gasteiger partial charge is 0.257 e. The van der Waals surface area contributed by atoms with Crippen LogP contribution < -0.4 is 4.74 Å². The third-order valence-electron chi connectivity index (χ3n) is 4.65. The Morgan fingerprint density at radius 3 is 2.75 bits per heavy atom. The first-order chi connectivity index (χ1) is 13.7. The fourth-order valence-corrected chi connectivity index (χ4v) is 3.87. The number of carbonyl (C=O) groups excluding carboxylic acids is 1. The number of piperazine rings is 1. The van der Waals surface area contributed by atoms with Gasteiger partial charge >= 0.3 is 0 Å². The molecule has 0 aliphatic carbocycles. The van der Waals surface area contributed by atoms with Crippen LogP contribution in [0.5, 0.6) is 5.75 Å². The van der Waals surface area contributed by atoms with Gasteiger partial charge in [0, 0.05) is 26.2 Å². The molecular weight excluding hydrogens is 376 g/mol. The second-order valence-electron chi connectivity index (χ2n) is 6.49. The maximum Gasteiger partial charge on any atom is 0.257 e. The summed E-state index contributed by atoms with van der Waals surface area (Å²) in [5, 5.41) is 6.04. The molecule has 1 amide bonds. The van der Waals surface area contributed by atoms with E-state index in [4.69, 9.17) is 9.26 Å². The number of para-hydroxylation sites is 1. The van der Waals surface area contributed by atoms with E-state index in [-0.39, 0.29) is 5.91 Å². The molecule has 1 saturated heterocycles. The fourth-order valence-electron chi connectivity index (χ4n) is 3.22. The number of amides is 1. The molecule has 0 unspecified atom stereocenters. The molecule has 0 N–H and O–H groups in total. The Labute approximate surface area is 167 Å². The van der Waals surface area contributed by atoms with E-state index in [1.807, 2.05) is 53.6 Å². The minimum atomic E-state index is 0.0153. The van der Waals surface area contributed by atoms with Crippen molar-refractivity contribution >= 4 is 17.2 Å². The van der Waals surface area contributed by atoms with Gasteiger partial charge in [0.25, 0.3) is 5.91 Å². The molecule has 0 saturated carbocycles. The molecule has 146 valence electrons. The standard InChI is InChI=1S/C20H22N4O3S/c1-2-26-16-7-4-3-6-15(16)20(25)24-11-9-23(10-12-24)14-18-21-19(22-27-18)17-8-5-13-28-17/h3-8,13H,2,9-12,14H2,1H3. The number of rotatable bonds is 6. The minimum absolute atomic E-state index is 0.0153. The maximum absolute atomic E-state index is 12.9. The lowest BCUT2D eigenvalue weighted by Gasteiger charge is -2.34. The van der Waals surface area contributed by atoms with Gasteiger partial charge in [0.05, 0.1) is 23.6 Å². The van der Waals surface area contributed by atoms with Crippen LogP contribution >= 0.6 is 11.3 Å². The van der Waals surface area contributed by atoms with Crippen molar-refractivity contribution in [3.05, 3.63) is 53.2 Å². The SMILES string of the molecule is CCOc1ccccc1C(=O)N1CCN(Cc2nc(-c3cccs3)no2)CC1. The van der Waals surface area contributed by atoms with Crippen LogP contribution in [0.15, 0.2) is 46.3 Å². The molecule has 1 aliphatic heterocycles. The van der Waals surface area contributed by atoms with Crippen LogP contribution in [0.1, 0.15) is 23.2 Å². The monoisotopic (exact) mass is 398 g/mol. The first kappa shape index (κ1) is 18.6. The maximum atomic E-state index is 12.9. The van der Waals surface area contributed by atoms with Crippen molar-refractivity contribution in [2.24, 2.45) is 0 Å². The van der Waals surface area contributed by atoms with Crippen LogP contribution in [0, 0.1) is 0 Å². The van der Waals surface area contributed by atoms with E-state index in [9.17, 15) is 4.79 Å². The normalized spacial score (nSPS) is 15.0. The summed E-state index contributed by atoms with van der Waals surface area (Å²) in [5.41, 5.74) is 0.621. The van der Waals surface area contributed by atoms with Crippen molar-refractivity contribution in [1.29, 1.82) is 0 Å². The van der Waals surface area contributed by atoms with Gasteiger partial charge in [-0.2, -0.15) is 4.98 Å². The molecule has 28 heavy (non-hydrogen) atoms. The van der Waals surface area contributed by atoms with Crippen LogP contribution in [0.25, 0.3) is 10.7 Å². The molecule has 0 bridgehead atoms. The largest absolute Gasteiger partial charge is 0.493 e. The van der Waals surface area contributed by atoms with Crippen molar-refractivity contribution in [3.63, 3.8) is 0 Å². The zero-order valence-corrected chi connectivity index (χ0v) is 16.5. The molecule has 1 fully saturated rings. The Kier molecular flexibility index (Phi) is 5.68. The summed E-state index contributed by atoms with van der Waals surface area (Å²) >= 11 is 1.59. The minimum Gasteiger partial charge on any atom is -0.493 e. The lowest BCUT2D eigenvalue weighted by atomic mass is 10.1. The molecule has 8 heteroatoms. The van der Waals surface area contributed by atoms with E-state index < -0.39 is 0 Å². The van der Waals surface area contributed by atoms with Crippen molar-refractivity contribution in [3.8, 4) is 16.5 Å². The highest BCUT2D eigenvalue weighted by atomic mass is 32.1. The highest BCUT2D eigenvalue weighted by Crippen LogP contribution is 2.23. The molecule has 3 heterocycles. The molecule has 0 atom stereocenters. The van der Waals surface area contributed by atoms with E-state index in [1.165, 1.54) is 0 Å². The predicted molar refractivity (Wildman–Crippen MR) is 106 cm³/mol. The van der Waals surface area contributed by atoms with Gasteiger partial charge in [0.15, 0.2) is 0 Å². The van der Waals surface area contributed by atoms with Gasteiger partial charge in [-0.3, -0.25) is 9.69 Å². The van der Waals surface area contributed by atoms with Crippen molar-refractivity contribution in [1.82, 2.24) is 19.9 Å². The topological polar surface area (TPSA) is 71.7 Å². The molecule has 4 rings (SSSR count). The summed E-state index contributed by atoms with van der Waals surface area (Å²) in [6.07, 6.45) is 0. The van der Waals surface area contributed by atoms with Crippen LogP contribution in [0.4, 0.5) is 0 Å². The Morgan fingerprint density at radius 1 is 1.18 bits per heavy atom. The summed E-state index contributed by atoms with van der Waals surface area (Å²) in [6.45, 7) is 5.89. The van der Waals surface area contributed by atoms with Gasteiger partial charge in [-0.15, -0.1) is 11.3 Å². The van der Waals surface area contributed by atoms with Crippen molar-refractivity contribution in [2.45, 2.75) is 13.5 Å². The Balaban J connectivity index is 1.34. The van der Waals surface area contributed by atoms with E-state index in [0.29, 0.717) is 49.3 Å². The quantitative estimate of drug-likeness (QED) is 0.635. The molecule has 0 spiro atoms. The van der Waals surface area contributed by atoms with Crippen LogP contribution in [0.3, 0.4) is 0 Å². The Morgan fingerprint density at radius 2 is 2.00 bits per heavy atom.